The van der Waals surface area contributed by atoms with Crippen LogP contribution in [0.15, 0.2) is 41.1 Å². The maximum Gasteiger partial charge on any atom is 0.142 e. The Morgan fingerprint density at radius 1 is 1.28 bits per heavy atom. The largest absolute Gasteiger partial charge is 0.497 e. The molecule has 0 aliphatic heterocycles. The molecule has 0 radical (unpaired) electrons. The molecule has 0 bridgehead atoms. The third-order valence-corrected chi connectivity index (χ3v) is 3.06. The second-order valence-electron chi connectivity index (χ2n) is 3.57. The number of aromatic nitrogens is 1. The number of benzene rings is 1. The van der Waals surface area contributed by atoms with Crippen molar-refractivity contribution < 1.29 is 9.47 Å². The Balaban J connectivity index is 2.04. The van der Waals surface area contributed by atoms with Gasteiger partial charge in [0.25, 0.3) is 0 Å². The van der Waals surface area contributed by atoms with Crippen LogP contribution >= 0.6 is 27.5 Å². The minimum atomic E-state index is 0.445. The van der Waals surface area contributed by atoms with Crippen LogP contribution in [0.5, 0.6) is 11.5 Å². The first kappa shape index (κ1) is 13.2. The highest BCUT2D eigenvalue weighted by atomic mass is 79.9. The van der Waals surface area contributed by atoms with E-state index in [1.54, 1.807) is 19.4 Å². The van der Waals surface area contributed by atoms with E-state index in [0.717, 1.165) is 11.3 Å². The maximum absolute atomic E-state index is 5.98. The first-order chi connectivity index (χ1) is 8.69. The van der Waals surface area contributed by atoms with Crippen LogP contribution in [0.3, 0.4) is 0 Å². The van der Waals surface area contributed by atoms with Gasteiger partial charge in [0, 0.05) is 6.07 Å². The zero-order valence-electron chi connectivity index (χ0n) is 9.69. The summed E-state index contributed by atoms with van der Waals surface area (Å²) in [6.07, 6.45) is 1.55. The van der Waals surface area contributed by atoms with Crippen molar-refractivity contribution in [3.8, 4) is 11.5 Å². The van der Waals surface area contributed by atoms with Gasteiger partial charge in [-0.25, -0.2) is 4.98 Å². The van der Waals surface area contributed by atoms with Crippen molar-refractivity contribution >= 4 is 27.5 Å². The summed E-state index contributed by atoms with van der Waals surface area (Å²) in [6.45, 7) is 0.445. The molecular weight excluding hydrogens is 318 g/mol. The number of ether oxygens (including phenoxy) is 2. The number of hydrogen-bond acceptors (Lipinski definition) is 3. The van der Waals surface area contributed by atoms with Crippen LogP contribution in [0.2, 0.25) is 5.02 Å². The predicted octanol–water partition coefficient (Wildman–Crippen LogP) is 4.09. The molecule has 2 aromatic rings. The number of nitrogens with zero attached hydrogens (tertiary/aromatic N) is 1. The van der Waals surface area contributed by atoms with Gasteiger partial charge in [-0.15, -0.1) is 0 Å². The highest BCUT2D eigenvalue weighted by Crippen LogP contribution is 2.26. The Morgan fingerprint density at radius 2 is 2.00 bits per heavy atom. The standard InChI is InChI=1S/C13H11BrClNO2/c1-17-10-4-2-9(3-5-10)8-18-12-6-13(14)16-7-11(12)15/h2-7H,8H2,1H3. The summed E-state index contributed by atoms with van der Waals surface area (Å²) < 4.78 is 11.4. The third kappa shape index (κ3) is 3.37. The van der Waals surface area contributed by atoms with Gasteiger partial charge >= 0.3 is 0 Å². The van der Waals surface area contributed by atoms with Crippen molar-refractivity contribution in [2.45, 2.75) is 6.61 Å². The molecule has 0 unspecified atom stereocenters. The zero-order chi connectivity index (χ0) is 13.0. The fourth-order valence-electron chi connectivity index (χ4n) is 1.39. The van der Waals surface area contributed by atoms with E-state index in [1.165, 1.54) is 0 Å². The third-order valence-electron chi connectivity index (χ3n) is 2.34. The molecule has 0 spiro atoms. The highest BCUT2D eigenvalue weighted by molar-refractivity contribution is 9.10. The minimum Gasteiger partial charge on any atom is -0.497 e. The summed E-state index contributed by atoms with van der Waals surface area (Å²) in [5.41, 5.74) is 1.04. The Kier molecular flexibility index (Phi) is 4.44. The van der Waals surface area contributed by atoms with E-state index in [4.69, 9.17) is 21.1 Å². The first-order valence-corrected chi connectivity index (χ1v) is 6.43. The van der Waals surface area contributed by atoms with E-state index in [9.17, 15) is 0 Å². The van der Waals surface area contributed by atoms with Crippen LogP contribution in [0, 0.1) is 0 Å². The monoisotopic (exact) mass is 327 g/mol. The van der Waals surface area contributed by atoms with E-state index < -0.39 is 0 Å². The maximum atomic E-state index is 5.98. The van der Waals surface area contributed by atoms with Crippen molar-refractivity contribution in [1.82, 2.24) is 4.98 Å². The molecule has 94 valence electrons. The highest BCUT2D eigenvalue weighted by Gasteiger charge is 2.04. The van der Waals surface area contributed by atoms with Crippen LogP contribution in [0.1, 0.15) is 5.56 Å². The van der Waals surface area contributed by atoms with Gasteiger partial charge in [-0.2, -0.15) is 0 Å². The molecule has 0 atom stereocenters. The average Bonchev–Trinajstić information content (AvgIpc) is 2.40. The molecule has 1 aromatic carbocycles. The smallest absolute Gasteiger partial charge is 0.142 e. The van der Waals surface area contributed by atoms with E-state index in [0.29, 0.717) is 22.0 Å². The lowest BCUT2D eigenvalue weighted by Gasteiger charge is -2.08. The second kappa shape index (κ2) is 6.07. The van der Waals surface area contributed by atoms with Crippen molar-refractivity contribution in [3.05, 3.63) is 51.7 Å². The summed E-state index contributed by atoms with van der Waals surface area (Å²) in [4.78, 5) is 4.01. The van der Waals surface area contributed by atoms with Crippen molar-refractivity contribution in [2.24, 2.45) is 0 Å². The fraction of sp³-hybridized carbons (Fsp3) is 0.154. The van der Waals surface area contributed by atoms with Crippen molar-refractivity contribution in [2.75, 3.05) is 7.11 Å². The molecule has 0 N–H and O–H groups in total. The molecule has 18 heavy (non-hydrogen) atoms. The average molecular weight is 329 g/mol. The lowest BCUT2D eigenvalue weighted by Crippen LogP contribution is -1.96. The van der Waals surface area contributed by atoms with E-state index in [2.05, 4.69) is 20.9 Å². The molecule has 0 aliphatic carbocycles. The Labute approximate surface area is 119 Å². The van der Waals surface area contributed by atoms with Crippen LogP contribution < -0.4 is 9.47 Å². The molecule has 1 aromatic heterocycles. The fourth-order valence-corrected chi connectivity index (χ4v) is 1.86. The van der Waals surface area contributed by atoms with Crippen molar-refractivity contribution in [3.63, 3.8) is 0 Å². The SMILES string of the molecule is COc1ccc(COc2cc(Br)ncc2Cl)cc1. The van der Waals surface area contributed by atoms with Gasteiger partial charge in [0.2, 0.25) is 0 Å². The summed E-state index contributed by atoms with van der Waals surface area (Å²) in [6, 6.07) is 9.42. The number of rotatable bonds is 4. The molecular formula is C13H11BrClNO2. The number of halogens is 2. The Bertz CT molecular complexity index is 531. The van der Waals surface area contributed by atoms with Gasteiger partial charge in [0.05, 0.1) is 13.3 Å². The van der Waals surface area contributed by atoms with E-state index >= 15 is 0 Å². The van der Waals surface area contributed by atoms with Crippen LogP contribution in [-0.4, -0.2) is 12.1 Å². The number of methoxy groups -OCH3 is 1. The quantitative estimate of drug-likeness (QED) is 0.792. The molecule has 2 rings (SSSR count). The molecule has 1 heterocycles. The Morgan fingerprint density at radius 3 is 2.67 bits per heavy atom. The minimum absolute atomic E-state index is 0.445. The molecule has 0 saturated heterocycles. The van der Waals surface area contributed by atoms with Gasteiger partial charge in [0.1, 0.15) is 27.7 Å². The molecule has 0 amide bonds. The van der Waals surface area contributed by atoms with E-state index in [1.807, 2.05) is 24.3 Å². The molecule has 0 aliphatic rings. The number of pyridine rings is 1. The topological polar surface area (TPSA) is 31.4 Å². The van der Waals surface area contributed by atoms with Gasteiger partial charge in [-0.1, -0.05) is 23.7 Å². The van der Waals surface area contributed by atoms with E-state index in [-0.39, 0.29) is 0 Å². The molecule has 0 fully saturated rings. The summed E-state index contributed by atoms with van der Waals surface area (Å²) >= 11 is 9.26. The lowest BCUT2D eigenvalue weighted by molar-refractivity contribution is 0.305. The summed E-state index contributed by atoms with van der Waals surface area (Å²) in [5, 5.41) is 0.492. The molecule has 3 nitrogen and oxygen atoms in total. The van der Waals surface area contributed by atoms with Crippen LogP contribution in [0.4, 0.5) is 0 Å². The zero-order valence-corrected chi connectivity index (χ0v) is 12.0. The second-order valence-corrected chi connectivity index (χ2v) is 4.79. The molecule has 5 heteroatoms. The summed E-state index contributed by atoms with van der Waals surface area (Å²) in [7, 11) is 1.64. The Hall–Kier alpha value is -1.26. The van der Waals surface area contributed by atoms with Gasteiger partial charge in [-0.05, 0) is 33.6 Å². The van der Waals surface area contributed by atoms with Gasteiger partial charge < -0.3 is 9.47 Å². The summed E-state index contributed by atoms with van der Waals surface area (Å²) in [5.74, 6) is 1.43. The predicted molar refractivity (Wildman–Crippen MR) is 74.3 cm³/mol. The lowest BCUT2D eigenvalue weighted by atomic mass is 10.2. The van der Waals surface area contributed by atoms with Crippen LogP contribution in [-0.2, 0) is 6.61 Å². The first-order valence-electron chi connectivity index (χ1n) is 5.26. The number of hydrogen-bond donors (Lipinski definition) is 0. The molecule has 0 saturated carbocycles. The van der Waals surface area contributed by atoms with Crippen LogP contribution in [0.25, 0.3) is 0 Å². The van der Waals surface area contributed by atoms with Gasteiger partial charge in [-0.3, -0.25) is 0 Å². The van der Waals surface area contributed by atoms with Gasteiger partial charge in [0.15, 0.2) is 0 Å². The normalized spacial score (nSPS) is 10.2. The van der Waals surface area contributed by atoms with Crippen molar-refractivity contribution in [1.29, 1.82) is 0 Å².